The summed E-state index contributed by atoms with van der Waals surface area (Å²) >= 11 is 2.15. The van der Waals surface area contributed by atoms with Gasteiger partial charge >= 0.3 is 10.8 Å². The number of amides is 3. The number of fused-ring (bicyclic) bond motifs is 2. The number of thiazole rings is 1. The Kier molecular flexibility index (Phi) is 9.93. The number of anilines is 3. The number of carbonyl (C=O) groups excluding carboxylic acids is 4. The van der Waals surface area contributed by atoms with Gasteiger partial charge in [0.1, 0.15) is 17.5 Å². The Balaban J connectivity index is 1.37. The zero-order chi connectivity index (χ0) is 34.8. The van der Waals surface area contributed by atoms with Gasteiger partial charge in [-0.2, -0.15) is 0 Å². The molecule has 0 aliphatic carbocycles. The summed E-state index contributed by atoms with van der Waals surface area (Å²) < 4.78 is 11.7. The van der Waals surface area contributed by atoms with Crippen LogP contribution in [0.4, 0.5) is 17.1 Å². The number of hydrogen-bond acceptors (Lipinski definition) is 10. The number of ether oxygens (including phenoxy) is 2. The van der Waals surface area contributed by atoms with Crippen LogP contribution in [0.15, 0.2) is 82.6 Å². The predicted octanol–water partition coefficient (Wildman–Crippen LogP) is 5.38. The molecular weight excluding hydrogens is 665 g/mol. The molecule has 0 unspecified atom stereocenters. The van der Waals surface area contributed by atoms with Crippen LogP contribution in [-0.2, 0) is 25.7 Å². The highest BCUT2D eigenvalue weighted by molar-refractivity contribution is 8.00. The molecule has 0 bridgehead atoms. The van der Waals surface area contributed by atoms with Gasteiger partial charge in [-0.1, -0.05) is 35.2 Å². The first kappa shape index (κ1) is 34.0. The van der Waals surface area contributed by atoms with Gasteiger partial charge in [0, 0.05) is 35.3 Å². The van der Waals surface area contributed by atoms with Crippen LogP contribution in [0.3, 0.4) is 0 Å². The van der Waals surface area contributed by atoms with Crippen LogP contribution in [0.1, 0.15) is 47.5 Å². The lowest BCUT2D eigenvalue weighted by Crippen LogP contribution is -2.33. The second-order valence-corrected chi connectivity index (χ2v) is 13.6. The van der Waals surface area contributed by atoms with E-state index in [1.165, 1.54) is 21.6 Å². The number of imide groups is 1. The van der Waals surface area contributed by atoms with Crippen molar-refractivity contribution in [3.05, 3.63) is 98.5 Å². The first-order chi connectivity index (χ1) is 23.7. The molecule has 3 heterocycles. The summed E-state index contributed by atoms with van der Waals surface area (Å²) in [6.45, 7) is 7.47. The second-order valence-electron chi connectivity index (χ2n) is 11.5. The van der Waals surface area contributed by atoms with Crippen LogP contribution in [-0.4, -0.2) is 60.3 Å². The number of benzene rings is 3. The van der Waals surface area contributed by atoms with Crippen molar-refractivity contribution in [1.29, 1.82) is 0 Å². The molecule has 3 aromatic carbocycles. The van der Waals surface area contributed by atoms with Crippen molar-refractivity contribution in [1.82, 2.24) is 4.57 Å². The highest BCUT2D eigenvalue weighted by atomic mass is 32.2. The number of carbonyl (C=O) groups is 4. The molecule has 2 aliphatic heterocycles. The Morgan fingerprint density at radius 3 is 2.16 bits per heavy atom. The molecule has 11 nitrogen and oxygen atoms in total. The zero-order valence-corrected chi connectivity index (χ0v) is 29.1. The van der Waals surface area contributed by atoms with Crippen molar-refractivity contribution >= 4 is 63.9 Å². The van der Waals surface area contributed by atoms with Crippen LogP contribution in [0, 0.1) is 5.92 Å². The molecule has 1 saturated heterocycles. The molecular formula is C36H36N4O7S2. The minimum absolute atomic E-state index is 0.222. The van der Waals surface area contributed by atoms with Gasteiger partial charge in [-0.05, 0) is 87.0 Å². The molecule has 6 rings (SSSR count). The molecule has 1 N–H and O–H groups in total. The van der Waals surface area contributed by atoms with Crippen molar-refractivity contribution in [3.8, 4) is 5.75 Å². The lowest BCUT2D eigenvalue weighted by atomic mass is 9.83. The normalized spacial score (nSPS) is 18.1. The Bertz CT molecular complexity index is 1930. The summed E-state index contributed by atoms with van der Waals surface area (Å²) in [7, 11) is 1.55. The van der Waals surface area contributed by atoms with E-state index in [9.17, 15) is 24.0 Å². The van der Waals surface area contributed by atoms with Crippen LogP contribution in [0.2, 0.25) is 0 Å². The molecule has 4 aromatic rings. The van der Waals surface area contributed by atoms with Crippen molar-refractivity contribution in [2.45, 2.75) is 43.5 Å². The summed E-state index contributed by atoms with van der Waals surface area (Å²) in [6.07, 6.45) is 0. The third-order valence-corrected chi connectivity index (χ3v) is 11.3. The second kappa shape index (κ2) is 14.3. The summed E-state index contributed by atoms with van der Waals surface area (Å²) in [5, 5.41) is 2.48. The van der Waals surface area contributed by atoms with E-state index in [0.29, 0.717) is 32.6 Å². The third-order valence-electron chi connectivity index (χ3n) is 8.74. The number of thioether (sulfide) groups is 1. The average molecular weight is 701 g/mol. The molecule has 3 amide bonds. The number of nitrogens with zero attached hydrogens (tertiary/aromatic N) is 3. The van der Waals surface area contributed by atoms with E-state index in [1.54, 1.807) is 50.4 Å². The smallest absolute Gasteiger partial charge is 0.338 e. The SMILES string of the molecule is CCOC(=O)c1ccc(N2C(=O)[C@H]3[C@H](c4ccc(N(CC)CC)cc4)c4sc(=O)n(CC(=O)Nc5ccc(OC)cc5)c4S[C@H]3C2=O)cc1. The van der Waals surface area contributed by atoms with Gasteiger partial charge in [-0.3, -0.25) is 23.7 Å². The molecule has 1 aromatic heterocycles. The first-order valence-corrected chi connectivity index (χ1v) is 17.7. The van der Waals surface area contributed by atoms with E-state index in [0.717, 1.165) is 47.4 Å². The standard InChI is InChI=1S/C36H36N4O7S2/c1-5-38(6-2)24-14-8-21(9-15-24)28-29-30(33(43)40(32(29)42)25-16-10-22(11-17-25)35(44)47-7-3)48-34-31(28)49-36(45)39(34)20-27(41)37-23-12-18-26(46-4)19-13-23/h8-19,28-30H,5-7,20H2,1-4H3,(H,37,41)/t28-,29-,30+/m0/s1. The molecule has 254 valence electrons. The summed E-state index contributed by atoms with van der Waals surface area (Å²) in [5.74, 6) is -2.48. The van der Waals surface area contributed by atoms with E-state index in [1.807, 2.05) is 24.3 Å². The minimum atomic E-state index is -0.845. The Labute approximate surface area is 291 Å². The van der Waals surface area contributed by atoms with E-state index in [4.69, 9.17) is 9.47 Å². The highest BCUT2D eigenvalue weighted by Gasteiger charge is 2.56. The van der Waals surface area contributed by atoms with Crippen molar-refractivity contribution < 1.29 is 28.7 Å². The van der Waals surface area contributed by atoms with Gasteiger partial charge in [-0.25, -0.2) is 9.69 Å². The maximum absolute atomic E-state index is 14.3. The lowest BCUT2D eigenvalue weighted by molar-refractivity contribution is -0.122. The minimum Gasteiger partial charge on any atom is -0.497 e. The number of rotatable bonds is 11. The van der Waals surface area contributed by atoms with Crippen LogP contribution >= 0.6 is 23.1 Å². The van der Waals surface area contributed by atoms with E-state index in [-0.39, 0.29) is 23.9 Å². The molecule has 0 saturated carbocycles. The number of hydrogen-bond donors (Lipinski definition) is 1. The molecule has 1 fully saturated rings. The molecule has 0 spiro atoms. The topological polar surface area (TPSA) is 127 Å². The molecule has 3 atom stereocenters. The number of nitrogens with one attached hydrogen (secondary N) is 1. The van der Waals surface area contributed by atoms with Crippen LogP contribution < -0.4 is 24.7 Å². The van der Waals surface area contributed by atoms with E-state index < -0.39 is 34.9 Å². The fraction of sp³-hybridized carbons (Fsp3) is 0.306. The van der Waals surface area contributed by atoms with Gasteiger partial charge < -0.3 is 19.7 Å². The van der Waals surface area contributed by atoms with Crippen molar-refractivity contribution in [2.24, 2.45) is 5.92 Å². The first-order valence-electron chi connectivity index (χ1n) is 16.0. The monoisotopic (exact) mass is 700 g/mol. The average Bonchev–Trinajstić information content (AvgIpc) is 3.55. The largest absolute Gasteiger partial charge is 0.497 e. The van der Waals surface area contributed by atoms with Gasteiger partial charge in [0.05, 0.1) is 35.9 Å². The molecule has 0 radical (unpaired) electrons. The quantitative estimate of drug-likeness (QED) is 0.162. The van der Waals surface area contributed by atoms with Gasteiger partial charge in [0.25, 0.3) is 0 Å². The highest BCUT2D eigenvalue weighted by Crippen LogP contribution is 2.54. The maximum Gasteiger partial charge on any atom is 0.338 e. The zero-order valence-electron chi connectivity index (χ0n) is 27.5. The molecule has 2 aliphatic rings. The third kappa shape index (κ3) is 6.47. The van der Waals surface area contributed by atoms with Crippen molar-refractivity contribution in [2.75, 3.05) is 41.9 Å². The van der Waals surface area contributed by atoms with Crippen LogP contribution in [0.25, 0.3) is 0 Å². The number of esters is 1. The summed E-state index contributed by atoms with van der Waals surface area (Å²) in [5.41, 5.74) is 3.01. The fourth-order valence-electron chi connectivity index (χ4n) is 6.33. The summed E-state index contributed by atoms with van der Waals surface area (Å²) in [6, 6.07) is 20.9. The van der Waals surface area contributed by atoms with E-state index in [2.05, 4.69) is 24.1 Å². The van der Waals surface area contributed by atoms with E-state index >= 15 is 0 Å². The predicted molar refractivity (Wildman–Crippen MR) is 190 cm³/mol. The number of aromatic nitrogens is 1. The Morgan fingerprint density at radius 1 is 0.878 bits per heavy atom. The number of methoxy groups -OCH3 is 1. The summed E-state index contributed by atoms with van der Waals surface area (Å²) in [4.78, 5) is 71.1. The Morgan fingerprint density at radius 2 is 1.55 bits per heavy atom. The van der Waals surface area contributed by atoms with Gasteiger partial charge in [0.2, 0.25) is 17.7 Å². The lowest BCUT2D eigenvalue weighted by Gasteiger charge is -2.31. The molecule has 49 heavy (non-hydrogen) atoms. The van der Waals surface area contributed by atoms with Gasteiger partial charge in [0.15, 0.2) is 0 Å². The molecule has 13 heteroatoms. The Hall–Kier alpha value is -4.88. The van der Waals surface area contributed by atoms with Crippen LogP contribution in [0.5, 0.6) is 5.75 Å². The van der Waals surface area contributed by atoms with Gasteiger partial charge in [-0.15, -0.1) is 0 Å². The maximum atomic E-state index is 14.3. The fourth-order valence-corrected chi connectivity index (χ4v) is 9.10. The van der Waals surface area contributed by atoms with Crippen molar-refractivity contribution in [3.63, 3.8) is 0 Å².